The lowest BCUT2D eigenvalue weighted by Gasteiger charge is -2.39. The van der Waals surface area contributed by atoms with Crippen LogP contribution in [0.5, 0.6) is 5.75 Å². The van der Waals surface area contributed by atoms with Crippen molar-refractivity contribution < 1.29 is 14.3 Å². The van der Waals surface area contributed by atoms with Crippen molar-refractivity contribution >= 4 is 6.41 Å². The zero-order valence-electron chi connectivity index (χ0n) is 10.1. The Morgan fingerprint density at radius 1 is 1.59 bits per heavy atom. The van der Waals surface area contributed by atoms with E-state index in [0.717, 1.165) is 17.7 Å². The van der Waals surface area contributed by atoms with E-state index in [9.17, 15) is 4.79 Å². The van der Waals surface area contributed by atoms with Gasteiger partial charge >= 0.3 is 0 Å². The monoisotopic (exact) mass is 235 g/mol. The van der Waals surface area contributed by atoms with Crippen molar-refractivity contribution in [1.82, 2.24) is 5.32 Å². The van der Waals surface area contributed by atoms with E-state index in [4.69, 9.17) is 9.47 Å². The van der Waals surface area contributed by atoms with Gasteiger partial charge in [0.2, 0.25) is 6.41 Å². The van der Waals surface area contributed by atoms with Gasteiger partial charge in [0.1, 0.15) is 11.4 Å². The number of ether oxygens (including phenoxy) is 2. The molecule has 0 radical (unpaired) electrons. The first-order valence-corrected chi connectivity index (χ1v) is 5.65. The number of amides is 1. The van der Waals surface area contributed by atoms with E-state index in [1.54, 1.807) is 7.11 Å². The zero-order valence-corrected chi connectivity index (χ0v) is 10.1. The molecule has 0 aliphatic carbocycles. The molecule has 0 bridgehead atoms. The molecule has 1 N–H and O–H groups in total. The maximum atomic E-state index is 10.7. The first kappa shape index (κ1) is 11.9. The van der Waals surface area contributed by atoms with Crippen molar-refractivity contribution in [3.63, 3.8) is 0 Å². The average Bonchev–Trinajstić information content (AvgIpc) is 2.29. The molecule has 2 unspecified atom stereocenters. The van der Waals surface area contributed by atoms with Gasteiger partial charge in [0, 0.05) is 19.1 Å². The van der Waals surface area contributed by atoms with Gasteiger partial charge in [-0.1, -0.05) is 18.2 Å². The fourth-order valence-corrected chi connectivity index (χ4v) is 2.33. The average molecular weight is 235 g/mol. The predicted molar refractivity (Wildman–Crippen MR) is 63.9 cm³/mol. The summed E-state index contributed by atoms with van der Waals surface area (Å²) >= 11 is 0. The van der Waals surface area contributed by atoms with Gasteiger partial charge in [-0.25, -0.2) is 0 Å². The number of nitrogens with one attached hydrogen (secondary N) is 1. The van der Waals surface area contributed by atoms with Crippen molar-refractivity contribution in [2.75, 3.05) is 13.7 Å². The molecule has 0 saturated carbocycles. The third kappa shape index (κ3) is 2.42. The molecular formula is C13H17NO3. The minimum atomic E-state index is -0.399. The van der Waals surface area contributed by atoms with Crippen molar-refractivity contribution in [3.05, 3.63) is 29.8 Å². The van der Waals surface area contributed by atoms with Gasteiger partial charge in [-0.2, -0.15) is 0 Å². The Balaban J connectivity index is 2.31. The van der Waals surface area contributed by atoms with Crippen molar-refractivity contribution in [2.45, 2.75) is 25.0 Å². The lowest BCUT2D eigenvalue weighted by molar-refractivity contribution is -0.111. The van der Waals surface area contributed by atoms with Crippen molar-refractivity contribution in [2.24, 2.45) is 0 Å². The Kier molecular flexibility index (Phi) is 3.33. The van der Waals surface area contributed by atoms with Gasteiger partial charge in [-0.05, 0) is 13.0 Å². The smallest absolute Gasteiger partial charge is 0.207 e. The molecule has 1 amide bonds. The molecular weight excluding hydrogens is 218 g/mol. The summed E-state index contributed by atoms with van der Waals surface area (Å²) in [5.74, 6) is 0.817. The molecule has 1 heterocycles. The van der Waals surface area contributed by atoms with Crippen LogP contribution in [-0.4, -0.2) is 25.7 Å². The summed E-state index contributed by atoms with van der Waals surface area (Å²) in [5.41, 5.74) is 0.622. The molecule has 1 aliphatic rings. The van der Waals surface area contributed by atoms with E-state index in [-0.39, 0.29) is 6.04 Å². The van der Waals surface area contributed by atoms with E-state index in [1.807, 2.05) is 31.2 Å². The fourth-order valence-electron chi connectivity index (χ4n) is 2.33. The summed E-state index contributed by atoms with van der Waals surface area (Å²) in [6, 6.07) is 7.75. The number of carbonyl (C=O) groups excluding carboxylic acids is 1. The lowest BCUT2D eigenvalue weighted by atomic mass is 9.89. The maximum absolute atomic E-state index is 10.7. The molecule has 1 aliphatic heterocycles. The van der Waals surface area contributed by atoms with Crippen molar-refractivity contribution in [3.8, 4) is 5.75 Å². The summed E-state index contributed by atoms with van der Waals surface area (Å²) in [6.45, 7) is 2.49. The molecule has 1 aromatic rings. The molecule has 2 rings (SSSR count). The summed E-state index contributed by atoms with van der Waals surface area (Å²) in [4.78, 5) is 10.7. The number of methoxy groups -OCH3 is 1. The molecule has 0 spiro atoms. The fraction of sp³-hybridized carbons (Fsp3) is 0.462. The minimum absolute atomic E-state index is 0.0161. The molecule has 0 fully saturated rings. The minimum Gasteiger partial charge on any atom is -0.485 e. The van der Waals surface area contributed by atoms with Gasteiger partial charge in [-0.15, -0.1) is 0 Å². The topological polar surface area (TPSA) is 47.6 Å². The first-order valence-electron chi connectivity index (χ1n) is 5.65. The highest BCUT2D eigenvalue weighted by molar-refractivity contribution is 5.50. The zero-order chi connectivity index (χ0) is 12.3. The van der Waals surface area contributed by atoms with Crippen LogP contribution in [0, 0.1) is 0 Å². The van der Waals surface area contributed by atoms with Crippen LogP contribution in [0.2, 0.25) is 0 Å². The summed E-state index contributed by atoms with van der Waals surface area (Å²) in [5, 5.41) is 2.84. The number of benzene rings is 1. The second-order valence-electron chi connectivity index (χ2n) is 4.56. The first-order chi connectivity index (χ1) is 8.18. The summed E-state index contributed by atoms with van der Waals surface area (Å²) in [7, 11) is 1.65. The van der Waals surface area contributed by atoms with Crippen LogP contribution in [0.3, 0.4) is 0 Å². The molecule has 17 heavy (non-hydrogen) atoms. The predicted octanol–water partition coefficient (Wildman–Crippen LogP) is 1.66. The van der Waals surface area contributed by atoms with Gasteiger partial charge < -0.3 is 14.8 Å². The van der Waals surface area contributed by atoms with E-state index in [1.165, 1.54) is 0 Å². The number of fused-ring (bicyclic) bond motifs is 1. The highest BCUT2D eigenvalue weighted by atomic mass is 16.5. The number of hydrogen-bond acceptors (Lipinski definition) is 3. The summed E-state index contributed by atoms with van der Waals surface area (Å²) in [6.07, 6.45) is 1.44. The Labute approximate surface area is 101 Å². The Hall–Kier alpha value is -1.55. The third-order valence-electron chi connectivity index (χ3n) is 3.01. The molecule has 4 nitrogen and oxygen atoms in total. The highest BCUT2D eigenvalue weighted by Crippen LogP contribution is 2.39. The van der Waals surface area contributed by atoms with E-state index in [0.29, 0.717) is 13.0 Å². The third-order valence-corrected chi connectivity index (χ3v) is 3.01. The molecule has 92 valence electrons. The van der Waals surface area contributed by atoms with Crippen LogP contribution < -0.4 is 10.1 Å². The van der Waals surface area contributed by atoms with E-state index in [2.05, 4.69) is 5.32 Å². The molecule has 1 aromatic carbocycles. The molecule has 2 atom stereocenters. The van der Waals surface area contributed by atoms with Crippen LogP contribution in [0.1, 0.15) is 24.9 Å². The van der Waals surface area contributed by atoms with E-state index < -0.39 is 5.60 Å². The number of carbonyl (C=O) groups is 1. The number of hydrogen-bond donors (Lipinski definition) is 1. The Bertz CT molecular complexity index is 407. The Morgan fingerprint density at radius 2 is 2.35 bits per heavy atom. The lowest BCUT2D eigenvalue weighted by Crippen LogP contribution is -2.44. The molecule has 4 heteroatoms. The molecule has 0 saturated heterocycles. The number of para-hydroxylation sites is 1. The standard InChI is InChI=1S/C13H17NO3/c1-13(8-16-2)7-11(14-9-15)10-5-3-4-6-12(10)17-13/h3-6,9,11H,7-8H2,1-2H3,(H,14,15). The van der Waals surface area contributed by atoms with E-state index >= 15 is 0 Å². The second kappa shape index (κ2) is 4.75. The quantitative estimate of drug-likeness (QED) is 0.807. The second-order valence-corrected chi connectivity index (χ2v) is 4.56. The highest BCUT2D eigenvalue weighted by Gasteiger charge is 2.37. The van der Waals surface area contributed by atoms with Gasteiger partial charge in [0.05, 0.1) is 12.6 Å². The van der Waals surface area contributed by atoms with Crippen LogP contribution in [0.25, 0.3) is 0 Å². The van der Waals surface area contributed by atoms with Crippen molar-refractivity contribution in [1.29, 1.82) is 0 Å². The van der Waals surface area contributed by atoms with Crippen LogP contribution in [0.4, 0.5) is 0 Å². The largest absolute Gasteiger partial charge is 0.485 e. The Morgan fingerprint density at radius 3 is 3.06 bits per heavy atom. The maximum Gasteiger partial charge on any atom is 0.207 e. The van der Waals surface area contributed by atoms with Crippen LogP contribution in [0.15, 0.2) is 24.3 Å². The normalized spacial score (nSPS) is 26.8. The van der Waals surface area contributed by atoms with Crippen LogP contribution in [-0.2, 0) is 9.53 Å². The number of rotatable bonds is 4. The van der Waals surface area contributed by atoms with Gasteiger partial charge in [-0.3, -0.25) is 4.79 Å². The van der Waals surface area contributed by atoms with Gasteiger partial charge in [0.25, 0.3) is 0 Å². The molecule has 0 aromatic heterocycles. The summed E-state index contributed by atoms with van der Waals surface area (Å²) < 4.78 is 11.1. The van der Waals surface area contributed by atoms with Crippen LogP contribution >= 0.6 is 0 Å². The SMILES string of the molecule is COCC1(C)CC(NC=O)c2ccccc2O1. The van der Waals surface area contributed by atoms with Gasteiger partial charge in [0.15, 0.2) is 0 Å².